The molecule has 2 N–H and O–H groups in total. The monoisotopic (exact) mass is 495 g/mol. The zero-order valence-corrected chi connectivity index (χ0v) is 22.1. The summed E-state index contributed by atoms with van der Waals surface area (Å²) in [5, 5.41) is 4.82. The number of aromatic nitrogens is 2. The van der Waals surface area contributed by atoms with Gasteiger partial charge in [0.1, 0.15) is 11.3 Å². The van der Waals surface area contributed by atoms with Crippen molar-refractivity contribution in [2.75, 3.05) is 0 Å². The summed E-state index contributed by atoms with van der Waals surface area (Å²) >= 11 is 6.26. The highest BCUT2D eigenvalue weighted by Gasteiger charge is 2.44. The third-order valence-corrected chi connectivity index (χ3v) is 7.40. The number of aryl methyl sites for hydroxylation is 1. The van der Waals surface area contributed by atoms with Gasteiger partial charge in [-0.25, -0.2) is 4.98 Å². The SMILES string of the molecule is Cc1cc(-c2cn(C(C)(C)C)c3nc(C(=O)N4C(CC(C)N=O)CC[C@]4(C)N)ccc23)ccc1Cl. The van der Waals surface area contributed by atoms with Crippen LogP contribution in [0.3, 0.4) is 0 Å². The molecule has 35 heavy (non-hydrogen) atoms. The van der Waals surface area contributed by atoms with Crippen LogP contribution in [0.2, 0.25) is 5.02 Å². The van der Waals surface area contributed by atoms with Crippen LogP contribution in [-0.2, 0) is 5.54 Å². The molecule has 1 fully saturated rings. The molecule has 2 aromatic heterocycles. The number of fused-ring (bicyclic) bond motifs is 1. The Kier molecular flexibility index (Phi) is 6.53. The van der Waals surface area contributed by atoms with E-state index in [9.17, 15) is 9.70 Å². The Bertz CT molecular complexity index is 1290. The van der Waals surface area contributed by atoms with Crippen molar-refractivity contribution < 1.29 is 4.79 Å². The van der Waals surface area contributed by atoms with E-state index in [1.807, 2.05) is 32.0 Å². The lowest BCUT2D eigenvalue weighted by atomic mass is 10.0. The van der Waals surface area contributed by atoms with Gasteiger partial charge in [0.2, 0.25) is 0 Å². The number of likely N-dealkylation sites (tertiary alicyclic amines) is 1. The molecule has 3 heterocycles. The fourth-order valence-corrected chi connectivity index (χ4v) is 5.20. The maximum Gasteiger partial charge on any atom is 0.274 e. The number of benzene rings is 1. The molecule has 1 aromatic carbocycles. The highest BCUT2D eigenvalue weighted by atomic mass is 35.5. The Morgan fingerprint density at radius 2 is 2.03 bits per heavy atom. The summed E-state index contributed by atoms with van der Waals surface area (Å²) in [5.74, 6) is -0.219. The van der Waals surface area contributed by atoms with E-state index < -0.39 is 5.66 Å². The van der Waals surface area contributed by atoms with Crippen molar-refractivity contribution in [3.63, 3.8) is 0 Å². The minimum absolute atomic E-state index is 0.148. The fraction of sp³-hybridized carbons (Fsp3) is 0.481. The zero-order chi connectivity index (χ0) is 25.7. The number of hydrogen-bond donors (Lipinski definition) is 1. The molecule has 0 saturated carbocycles. The van der Waals surface area contributed by atoms with Crippen LogP contribution in [0.25, 0.3) is 22.2 Å². The molecule has 1 amide bonds. The first-order chi connectivity index (χ1) is 16.3. The van der Waals surface area contributed by atoms with Gasteiger partial charge in [0.25, 0.3) is 5.91 Å². The number of rotatable bonds is 5. The number of pyridine rings is 1. The van der Waals surface area contributed by atoms with Gasteiger partial charge < -0.3 is 15.2 Å². The Morgan fingerprint density at radius 3 is 2.66 bits per heavy atom. The third kappa shape index (κ3) is 4.71. The van der Waals surface area contributed by atoms with Gasteiger partial charge in [0.15, 0.2) is 0 Å². The second-order valence-electron chi connectivity index (χ2n) is 11.0. The van der Waals surface area contributed by atoms with Crippen LogP contribution in [0.5, 0.6) is 0 Å². The van der Waals surface area contributed by atoms with Crippen LogP contribution >= 0.6 is 11.6 Å². The lowest BCUT2D eigenvalue weighted by molar-refractivity contribution is 0.0518. The smallest absolute Gasteiger partial charge is 0.274 e. The number of nitrogens with zero attached hydrogens (tertiary/aromatic N) is 4. The lowest BCUT2D eigenvalue weighted by Crippen LogP contribution is -2.55. The van der Waals surface area contributed by atoms with E-state index in [-0.39, 0.29) is 23.5 Å². The summed E-state index contributed by atoms with van der Waals surface area (Å²) in [6.45, 7) is 12.0. The molecule has 1 saturated heterocycles. The van der Waals surface area contributed by atoms with Crippen LogP contribution < -0.4 is 5.73 Å². The molecule has 186 valence electrons. The van der Waals surface area contributed by atoms with E-state index in [1.54, 1.807) is 17.9 Å². The molecule has 3 aromatic rings. The van der Waals surface area contributed by atoms with Gasteiger partial charge in [0.05, 0.1) is 11.7 Å². The van der Waals surface area contributed by atoms with Crippen molar-refractivity contribution in [1.82, 2.24) is 14.5 Å². The highest BCUT2D eigenvalue weighted by molar-refractivity contribution is 6.31. The molecule has 2 unspecified atom stereocenters. The first-order valence-corrected chi connectivity index (χ1v) is 12.5. The third-order valence-electron chi connectivity index (χ3n) is 6.97. The van der Waals surface area contributed by atoms with Gasteiger partial charge >= 0.3 is 0 Å². The summed E-state index contributed by atoms with van der Waals surface area (Å²) in [7, 11) is 0. The van der Waals surface area contributed by atoms with Crippen LogP contribution in [-0.4, -0.2) is 38.1 Å². The minimum atomic E-state index is -0.807. The fourth-order valence-electron chi connectivity index (χ4n) is 5.08. The summed E-state index contributed by atoms with van der Waals surface area (Å²) < 4.78 is 2.11. The number of nitroso groups, excluding NO2 is 1. The number of nitrogens with two attached hydrogens (primary N) is 1. The number of carbonyl (C=O) groups excluding carboxylic acids is 1. The average Bonchev–Trinajstić information content (AvgIpc) is 3.31. The summed E-state index contributed by atoms with van der Waals surface area (Å²) in [6, 6.07) is 9.19. The maximum absolute atomic E-state index is 13.8. The number of hydrogen-bond acceptors (Lipinski definition) is 5. The van der Waals surface area contributed by atoms with Gasteiger partial charge in [0, 0.05) is 33.7 Å². The lowest BCUT2D eigenvalue weighted by Gasteiger charge is -2.35. The van der Waals surface area contributed by atoms with E-state index in [4.69, 9.17) is 22.3 Å². The molecule has 0 spiro atoms. The predicted octanol–water partition coefficient (Wildman–Crippen LogP) is 6.24. The topological polar surface area (TPSA) is 93.6 Å². The Morgan fingerprint density at radius 1 is 1.31 bits per heavy atom. The standard InChI is InChI=1S/C27H34ClN5O2/c1-16-13-18(7-9-22(16)28)21-15-32(26(3,4)5)24-20(21)8-10-23(30-24)25(34)33-19(14-17(2)31-35)11-12-27(33,6)29/h7-10,13,15,17,19H,11-12,14,29H2,1-6H3/t17?,19?,27-/m1/s1. The van der Waals surface area contributed by atoms with Gasteiger partial charge in [-0.3, -0.25) is 4.79 Å². The molecule has 0 bridgehead atoms. The van der Waals surface area contributed by atoms with Crippen LogP contribution in [0.4, 0.5) is 0 Å². The molecule has 4 rings (SSSR count). The predicted molar refractivity (Wildman–Crippen MR) is 142 cm³/mol. The van der Waals surface area contributed by atoms with Crippen molar-refractivity contribution in [2.24, 2.45) is 10.9 Å². The molecule has 7 nitrogen and oxygen atoms in total. The van der Waals surface area contributed by atoms with Crippen molar-refractivity contribution >= 4 is 28.5 Å². The molecule has 1 aliphatic rings. The van der Waals surface area contributed by atoms with Crippen molar-refractivity contribution in [3.05, 3.63) is 57.7 Å². The summed E-state index contributed by atoms with van der Waals surface area (Å²) in [6.07, 6.45) is 3.98. The van der Waals surface area contributed by atoms with E-state index in [2.05, 4.69) is 42.8 Å². The Hall–Kier alpha value is -2.77. The van der Waals surface area contributed by atoms with Crippen LogP contribution in [0, 0.1) is 11.8 Å². The largest absolute Gasteiger partial charge is 0.327 e. The molecule has 1 aliphatic heterocycles. The number of carbonyl (C=O) groups is 1. The molecular weight excluding hydrogens is 462 g/mol. The minimum Gasteiger partial charge on any atom is -0.327 e. The summed E-state index contributed by atoms with van der Waals surface area (Å²) in [4.78, 5) is 31.4. The molecule has 0 aliphatic carbocycles. The van der Waals surface area contributed by atoms with Gasteiger partial charge in [-0.15, -0.1) is 0 Å². The number of halogens is 1. The Balaban J connectivity index is 1.82. The normalized spacial score (nSPS) is 21.5. The molecule has 3 atom stereocenters. The second-order valence-corrected chi connectivity index (χ2v) is 11.4. The highest BCUT2D eigenvalue weighted by Crippen LogP contribution is 2.37. The van der Waals surface area contributed by atoms with Gasteiger partial charge in [-0.2, -0.15) is 4.91 Å². The van der Waals surface area contributed by atoms with Gasteiger partial charge in [-0.1, -0.05) is 22.8 Å². The van der Waals surface area contributed by atoms with Crippen molar-refractivity contribution in [3.8, 4) is 11.1 Å². The first-order valence-electron chi connectivity index (χ1n) is 12.1. The van der Waals surface area contributed by atoms with E-state index in [0.717, 1.165) is 39.2 Å². The average molecular weight is 496 g/mol. The van der Waals surface area contributed by atoms with Crippen molar-refractivity contribution in [1.29, 1.82) is 0 Å². The zero-order valence-electron chi connectivity index (χ0n) is 21.3. The second kappa shape index (κ2) is 9.03. The Labute approximate surface area is 211 Å². The van der Waals surface area contributed by atoms with E-state index >= 15 is 0 Å². The van der Waals surface area contributed by atoms with E-state index in [0.29, 0.717) is 18.5 Å². The van der Waals surface area contributed by atoms with Crippen molar-refractivity contribution in [2.45, 2.75) is 84.1 Å². The van der Waals surface area contributed by atoms with E-state index in [1.165, 1.54) is 0 Å². The molecular formula is C27H34ClN5O2. The summed E-state index contributed by atoms with van der Waals surface area (Å²) in [5.41, 5.74) is 9.65. The quantitative estimate of drug-likeness (QED) is 0.423. The molecule has 0 radical (unpaired) electrons. The maximum atomic E-state index is 13.8. The molecule has 8 heteroatoms. The van der Waals surface area contributed by atoms with Crippen LogP contribution in [0.15, 0.2) is 41.7 Å². The van der Waals surface area contributed by atoms with Crippen LogP contribution in [0.1, 0.15) is 69.9 Å². The van der Waals surface area contributed by atoms with Gasteiger partial charge in [-0.05, 0) is 96.2 Å². The number of amides is 1. The first kappa shape index (κ1) is 25.3.